The highest BCUT2D eigenvalue weighted by Crippen LogP contribution is 2.18. The highest BCUT2D eigenvalue weighted by molar-refractivity contribution is 5.87. The molecule has 1 heterocycles. The molecule has 0 saturated heterocycles. The summed E-state index contributed by atoms with van der Waals surface area (Å²) in [4.78, 5) is 17.8. The van der Waals surface area contributed by atoms with Crippen molar-refractivity contribution < 1.29 is 9.53 Å². The van der Waals surface area contributed by atoms with Crippen LogP contribution in [0.1, 0.15) is 37.6 Å². The second-order valence-electron chi connectivity index (χ2n) is 6.69. The van der Waals surface area contributed by atoms with E-state index >= 15 is 0 Å². The van der Waals surface area contributed by atoms with Crippen molar-refractivity contribution in [3.8, 4) is 0 Å². The number of rotatable bonds is 3. The molecule has 1 aromatic carbocycles. The van der Waals surface area contributed by atoms with Crippen molar-refractivity contribution in [1.82, 2.24) is 4.98 Å². The van der Waals surface area contributed by atoms with Gasteiger partial charge in [-0.05, 0) is 63.1 Å². The third kappa shape index (κ3) is 5.23. The Balaban J connectivity index is 2.06. The van der Waals surface area contributed by atoms with Crippen LogP contribution in [0.3, 0.4) is 0 Å². The van der Waals surface area contributed by atoms with Gasteiger partial charge < -0.3 is 4.74 Å². The average molecular weight is 324 g/mol. The Morgan fingerprint density at radius 1 is 1.08 bits per heavy atom. The molecule has 24 heavy (non-hydrogen) atoms. The lowest BCUT2D eigenvalue weighted by atomic mass is 10.1. The van der Waals surface area contributed by atoms with Gasteiger partial charge in [0.1, 0.15) is 5.60 Å². The monoisotopic (exact) mass is 324 g/mol. The SMILES string of the molecule is Cc1cc(/C=C/c2ccc(N(C)C(=O)OC(C)(C)C)cc2)ccn1. The summed E-state index contributed by atoms with van der Waals surface area (Å²) >= 11 is 0. The zero-order valence-electron chi connectivity index (χ0n) is 14.9. The number of ether oxygens (including phenoxy) is 1. The largest absolute Gasteiger partial charge is 0.443 e. The minimum absolute atomic E-state index is 0.363. The molecule has 2 rings (SSSR count). The summed E-state index contributed by atoms with van der Waals surface area (Å²) in [5, 5.41) is 0. The molecule has 126 valence electrons. The number of benzene rings is 1. The van der Waals surface area contributed by atoms with Crippen molar-refractivity contribution in [2.24, 2.45) is 0 Å². The van der Waals surface area contributed by atoms with Gasteiger partial charge in [-0.15, -0.1) is 0 Å². The van der Waals surface area contributed by atoms with Crippen LogP contribution in [0.25, 0.3) is 12.2 Å². The van der Waals surface area contributed by atoms with E-state index in [1.807, 2.05) is 76.2 Å². The minimum Gasteiger partial charge on any atom is -0.443 e. The summed E-state index contributed by atoms with van der Waals surface area (Å²) in [7, 11) is 1.71. The number of carbonyl (C=O) groups excluding carboxylic acids is 1. The summed E-state index contributed by atoms with van der Waals surface area (Å²) < 4.78 is 5.37. The molecular formula is C20H24N2O2. The fourth-order valence-corrected chi connectivity index (χ4v) is 2.11. The molecule has 0 aliphatic carbocycles. The summed E-state index contributed by atoms with van der Waals surface area (Å²) in [5.74, 6) is 0. The first-order valence-electron chi connectivity index (χ1n) is 7.92. The van der Waals surface area contributed by atoms with Crippen LogP contribution in [0.4, 0.5) is 10.5 Å². The lowest BCUT2D eigenvalue weighted by Crippen LogP contribution is -2.34. The quantitative estimate of drug-likeness (QED) is 0.804. The lowest BCUT2D eigenvalue weighted by molar-refractivity contribution is 0.0589. The number of hydrogen-bond acceptors (Lipinski definition) is 3. The molecule has 0 spiro atoms. The predicted octanol–water partition coefficient (Wildman–Crippen LogP) is 4.93. The van der Waals surface area contributed by atoms with E-state index in [1.54, 1.807) is 13.2 Å². The Kier molecular flexibility index (Phi) is 5.39. The standard InChI is InChI=1S/C20H24N2O2/c1-15-14-17(12-13-21-15)7-6-16-8-10-18(11-9-16)22(5)19(23)24-20(2,3)4/h6-14H,1-5H3/b7-6+. The van der Waals surface area contributed by atoms with Crippen LogP contribution >= 0.6 is 0 Å². The number of nitrogens with zero attached hydrogens (tertiary/aromatic N) is 2. The van der Waals surface area contributed by atoms with Crippen LogP contribution in [-0.4, -0.2) is 23.7 Å². The number of hydrogen-bond donors (Lipinski definition) is 0. The molecule has 0 atom stereocenters. The minimum atomic E-state index is -0.503. The van der Waals surface area contributed by atoms with E-state index in [2.05, 4.69) is 4.98 Å². The van der Waals surface area contributed by atoms with Gasteiger partial charge in [0.2, 0.25) is 0 Å². The molecule has 0 aliphatic heterocycles. The number of amides is 1. The summed E-state index contributed by atoms with van der Waals surface area (Å²) in [5.41, 5.74) is 3.45. The molecule has 0 radical (unpaired) electrons. The van der Waals surface area contributed by atoms with Crippen molar-refractivity contribution in [2.45, 2.75) is 33.3 Å². The van der Waals surface area contributed by atoms with E-state index < -0.39 is 5.60 Å². The Hall–Kier alpha value is -2.62. The molecule has 1 aromatic heterocycles. The van der Waals surface area contributed by atoms with Crippen molar-refractivity contribution in [3.05, 3.63) is 59.4 Å². The van der Waals surface area contributed by atoms with Gasteiger partial charge in [0.15, 0.2) is 0 Å². The zero-order chi connectivity index (χ0) is 17.7. The van der Waals surface area contributed by atoms with E-state index in [0.29, 0.717) is 0 Å². The van der Waals surface area contributed by atoms with Gasteiger partial charge in [-0.25, -0.2) is 4.79 Å². The molecule has 1 amide bonds. The van der Waals surface area contributed by atoms with Gasteiger partial charge in [-0.2, -0.15) is 0 Å². The van der Waals surface area contributed by atoms with E-state index in [-0.39, 0.29) is 6.09 Å². The van der Waals surface area contributed by atoms with Crippen LogP contribution < -0.4 is 4.90 Å². The molecule has 0 aliphatic rings. The van der Waals surface area contributed by atoms with Crippen molar-refractivity contribution in [2.75, 3.05) is 11.9 Å². The fourth-order valence-electron chi connectivity index (χ4n) is 2.11. The van der Waals surface area contributed by atoms with E-state index in [4.69, 9.17) is 4.74 Å². The van der Waals surface area contributed by atoms with Crippen LogP contribution in [0.5, 0.6) is 0 Å². The van der Waals surface area contributed by atoms with Crippen LogP contribution in [-0.2, 0) is 4.74 Å². The van der Waals surface area contributed by atoms with Gasteiger partial charge in [0.25, 0.3) is 0 Å². The first-order valence-corrected chi connectivity index (χ1v) is 7.92. The molecule has 0 N–H and O–H groups in total. The van der Waals surface area contributed by atoms with Gasteiger partial charge in [-0.3, -0.25) is 9.88 Å². The average Bonchev–Trinajstić information content (AvgIpc) is 2.51. The normalized spacial score (nSPS) is 11.5. The predicted molar refractivity (Wildman–Crippen MR) is 99.0 cm³/mol. The van der Waals surface area contributed by atoms with E-state index in [1.165, 1.54) is 4.90 Å². The number of carbonyl (C=O) groups is 1. The van der Waals surface area contributed by atoms with Crippen LogP contribution in [0.15, 0.2) is 42.6 Å². The second kappa shape index (κ2) is 7.30. The summed E-state index contributed by atoms with van der Waals surface area (Å²) in [6, 6.07) is 11.7. The molecule has 0 unspecified atom stereocenters. The van der Waals surface area contributed by atoms with E-state index in [9.17, 15) is 4.79 Å². The maximum atomic E-state index is 12.1. The van der Waals surface area contributed by atoms with Crippen molar-refractivity contribution >= 4 is 23.9 Å². The first-order chi connectivity index (χ1) is 11.2. The van der Waals surface area contributed by atoms with E-state index in [0.717, 1.165) is 22.5 Å². The number of pyridine rings is 1. The third-order valence-corrected chi connectivity index (χ3v) is 3.34. The lowest BCUT2D eigenvalue weighted by Gasteiger charge is -2.24. The number of aryl methyl sites for hydroxylation is 1. The summed E-state index contributed by atoms with van der Waals surface area (Å²) in [6.07, 6.45) is 5.51. The molecule has 0 bridgehead atoms. The Labute approximate surface area is 143 Å². The summed E-state index contributed by atoms with van der Waals surface area (Å²) in [6.45, 7) is 7.53. The van der Waals surface area contributed by atoms with Gasteiger partial charge in [0.05, 0.1) is 0 Å². The smallest absolute Gasteiger partial charge is 0.414 e. The highest BCUT2D eigenvalue weighted by atomic mass is 16.6. The maximum absolute atomic E-state index is 12.1. The zero-order valence-corrected chi connectivity index (χ0v) is 14.9. The Morgan fingerprint density at radius 3 is 2.29 bits per heavy atom. The van der Waals surface area contributed by atoms with Crippen LogP contribution in [0, 0.1) is 6.92 Å². The topological polar surface area (TPSA) is 42.4 Å². The van der Waals surface area contributed by atoms with Crippen molar-refractivity contribution in [1.29, 1.82) is 0 Å². The molecule has 2 aromatic rings. The molecule has 0 fully saturated rings. The maximum Gasteiger partial charge on any atom is 0.414 e. The molecule has 4 nitrogen and oxygen atoms in total. The third-order valence-electron chi connectivity index (χ3n) is 3.34. The number of aromatic nitrogens is 1. The second-order valence-corrected chi connectivity index (χ2v) is 6.69. The van der Waals surface area contributed by atoms with Crippen LogP contribution in [0.2, 0.25) is 0 Å². The Bertz CT molecular complexity index is 728. The fraction of sp³-hybridized carbons (Fsp3) is 0.300. The highest BCUT2D eigenvalue weighted by Gasteiger charge is 2.20. The molecule has 0 saturated carbocycles. The van der Waals surface area contributed by atoms with Gasteiger partial charge >= 0.3 is 6.09 Å². The Morgan fingerprint density at radius 2 is 1.71 bits per heavy atom. The molecular weight excluding hydrogens is 300 g/mol. The first kappa shape index (κ1) is 17.7. The van der Waals surface area contributed by atoms with Gasteiger partial charge in [-0.1, -0.05) is 24.3 Å². The van der Waals surface area contributed by atoms with Crippen molar-refractivity contribution in [3.63, 3.8) is 0 Å². The molecule has 4 heteroatoms. The van der Waals surface area contributed by atoms with Gasteiger partial charge in [0, 0.05) is 24.6 Å². The number of anilines is 1.